The van der Waals surface area contributed by atoms with Crippen LogP contribution in [0.1, 0.15) is 30.5 Å². The predicted molar refractivity (Wildman–Crippen MR) is 131 cm³/mol. The first-order chi connectivity index (χ1) is 16.4. The van der Waals surface area contributed by atoms with Crippen molar-refractivity contribution in [1.29, 1.82) is 0 Å². The van der Waals surface area contributed by atoms with E-state index in [1.165, 1.54) is 12.1 Å². The first kappa shape index (κ1) is 25.0. The Bertz CT molecular complexity index is 1080. The summed E-state index contributed by atoms with van der Waals surface area (Å²) in [7, 11) is 1.59. The van der Waals surface area contributed by atoms with Gasteiger partial charge in [-0.2, -0.15) is 0 Å². The van der Waals surface area contributed by atoms with Crippen LogP contribution in [0.25, 0.3) is 0 Å². The third-order valence-corrected chi connectivity index (χ3v) is 5.46. The van der Waals surface area contributed by atoms with Crippen molar-refractivity contribution in [3.05, 3.63) is 101 Å². The number of hydrogen-bond acceptors (Lipinski definition) is 3. The molecule has 6 heteroatoms. The van der Waals surface area contributed by atoms with Crippen molar-refractivity contribution in [3.8, 4) is 5.75 Å². The Morgan fingerprint density at radius 2 is 1.59 bits per heavy atom. The molecule has 0 aliphatic carbocycles. The van der Waals surface area contributed by atoms with Gasteiger partial charge in [0.2, 0.25) is 11.8 Å². The molecule has 0 radical (unpaired) electrons. The number of rotatable bonds is 10. The summed E-state index contributed by atoms with van der Waals surface area (Å²) < 4.78 is 18.7. The molecule has 0 spiro atoms. The van der Waals surface area contributed by atoms with Crippen LogP contribution in [-0.4, -0.2) is 35.9 Å². The summed E-state index contributed by atoms with van der Waals surface area (Å²) in [5.74, 6) is -0.110. The first-order valence-electron chi connectivity index (χ1n) is 11.4. The molecule has 0 fully saturated rings. The molecule has 3 aromatic carbocycles. The Hall–Kier alpha value is -3.67. The Labute approximate surface area is 200 Å². The average molecular weight is 463 g/mol. The molecule has 0 aliphatic rings. The minimum atomic E-state index is -0.719. The molecule has 0 aliphatic heterocycles. The highest BCUT2D eigenvalue weighted by Gasteiger charge is 2.30. The monoisotopic (exact) mass is 462 g/mol. The molecule has 2 amide bonds. The third-order valence-electron chi connectivity index (χ3n) is 5.46. The van der Waals surface area contributed by atoms with Crippen molar-refractivity contribution in [3.63, 3.8) is 0 Å². The highest BCUT2D eigenvalue weighted by atomic mass is 19.1. The number of nitrogens with zero attached hydrogens (tertiary/aromatic N) is 1. The second-order valence-corrected chi connectivity index (χ2v) is 8.55. The van der Waals surface area contributed by atoms with Crippen molar-refractivity contribution in [2.45, 2.75) is 45.3 Å². The standard InChI is InChI=1S/C28H31FN2O3/c1-20(2)30-28(33)26(17-21-8-5-4-6-9-21)31(19-23-10-7-11-25(16-23)34-3)27(32)18-22-12-14-24(29)15-13-22/h4-16,20,26H,17-19H2,1-3H3,(H,30,33)/t26-/m1/s1. The number of nitrogens with one attached hydrogen (secondary N) is 1. The van der Waals surface area contributed by atoms with Crippen molar-refractivity contribution < 1.29 is 18.7 Å². The number of methoxy groups -OCH3 is 1. The molecule has 1 atom stereocenters. The molecule has 5 nitrogen and oxygen atoms in total. The Kier molecular flexibility index (Phi) is 8.79. The lowest BCUT2D eigenvalue weighted by Crippen LogP contribution is -2.52. The van der Waals surface area contributed by atoms with Gasteiger partial charge in [-0.15, -0.1) is 0 Å². The zero-order valence-electron chi connectivity index (χ0n) is 19.8. The van der Waals surface area contributed by atoms with Crippen LogP contribution in [0, 0.1) is 5.82 Å². The van der Waals surface area contributed by atoms with Crippen LogP contribution in [0.3, 0.4) is 0 Å². The van der Waals surface area contributed by atoms with Gasteiger partial charge in [0, 0.05) is 19.0 Å². The Morgan fingerprint density at radius 1 is 0.912 bits per heavy atom. The number of hydrogen-bond donors (Lipinski definition) is 1. The number of ether oxygens (including phenoxy) is 1. The van der Waals surface area contributed by atoms with Crippen LogP contribution < -0.4 is 10.1 Å². The lowest BCUT2D eigenvalue weighted by molar-refractivity contribution is -0.141. The minimum Gasteiger partial charge on any atom is -0.497 e. The molecule has 0 bridgehead atoms. The first-order valence-corrected chi connectivity index (χ1v) is 11.4. The van der Waals surface area contributed by atoms with E-state index < -0.39 is 6.04 Å². The van der Waals surface area contributed by atoms with Gasteiger partial charge in [0.05, 0.1) is 13.5 Å². The van der Waals surface area contributed by atoms with E-state index in [0.29, 0.717) is 17.7 Å². The highest BCUT2D eigenvalue weighted by Crippen LogP contribution is 2.19. The normalized spacial score (nSPS) is 11.7. The maximum absolute atomic E-state index is 13.6. The molecule has 3 aromatic rings. The SMILES string of the molecule is COc1cccc(CN(C(=O)Cc2ccc(F)cc2)[C@H](Cc2ccccc2)C(=O)NC(C)C)c1. The highest BCUT2D eigenvalue weighted by molar-refractivity contribution is 5.89. The molecule has 0 aromatic heterocycles. The van der Waals surface area contributed by atoms with Gasteiger partial charge >= 0.3 is 0 Å². The van der Waals surface area contributed by atoms with E-state index in [1.54, 1.807) is 24.1 Å². The number of carbonyl (C=O) groups excluding carboxylic acids is 2. The van der Waals surface area contributed by atoms with Gasteiger partial charge in [0.15, 0.2) is 0 Å². The van der Waals surface area contributed by atoms with Gasteiger partial charge in [-0.25, -0.2) is 4.39 Å². The Morgan fingerprint density at radius 3 is 2.24 bits per heavy atom. The van der Waals surface area contributed by atoms with Crippen molar-refractivity contribution in [1.82, 2.24) is 10.2 Å². The van der Waals surface area contributed by atoms with Gasteiger partial charge in [0.1, 0.15) is 17.6 Å². The second-order valence-electron chi connectivity index (χ2n) is 8.55. The number of carbonyl (C=O) groups is 2. The lowest BCUT2D eigenvalue weighted by Gasteiger charge is -2.32. The van der Waals surface area contributed by atoms with Gasteiger partial charge in [-0.1, -0.05) is 54.6 Å². The summed E-state index contributed by atoms with van der Waals surface area (Å²) in [4.78, 5) is 28.5. The van der Waals surface area contributed by atoms with Crippen LogP contribution in [-0.2, 0) is 29.0 Å². The zero-order valence-corrected chi connectivity index (χ0v) is 19.8. The van der Waals surface area contributed by atoms with E-state index in [9.17, 15) is 14.0 Å². The summed E-state index contributed by atoms with van der Waals surface area (Å²) in [5, 5.41) is 2.97. The van der Waals surface area contributed by atoms with Crippen molar-refractivity contribution in [2.75, 3.05) is 7.11 Å². The minimum absolute atomic E-state index is 0.0600. The van der Waals surface area contributed by atoms with Crippen LogP contribution >= 0.6 is 0 Å². The number of amides is 2. The van der Waals surface area contributed by atoms with E-state index in [0.717, 1.165) is 11.1 Å². The van der Waals surface area contributed by atoms with Gasteiger partial charge in [-0.3, -0.25) is 9.59 Å². The molecule has 3 rings (SSSR count). The van der Waals surface area contributed by atoms with E-state index in [4.69, 9.17) is 4.74 Å². The molecule has 0 saturated carbocycles. The topological polar surface area (TPSA) is 58.6 Å². The van der Waals surface area contributed by atoms with E-state index in [-0.39, 0.29) is 36.6 Å². The van der Waals surface area contributed by atoms with Gasteiger partial charge in [-0.05, 0) is 54.8 Å². The van der Waals surface area contributed by atoms with Crippen LogP contribution in [0.5, 0.6) is 5.75 Å². The predicted octanol–water partition coefficient (Wildman–Crippen LogP) is 4.54. The summed E-state index contributed by atoms with van der Waals surface area (Å²) in [6.45, 7) is 4.02. The maximum atomic E-state index is 13.6. The Balaban J connectivity index is 1.97. The van der Waals surface area contributed by atoms with Gasteiger partial charge in [0.25, 0.3) is 0 Å². The summed E-state index contributed by atoms with van der Waals surface area (Å²) in [6.07, 6.45) is 0.434. The molecule has 0 saturated heterocycles. The largest absolute Gasteiger partial charge is 0.497 e. The molecular weight excluding hydrogens is 431 g/mol. The molecule has 1 N–H and O–H groups in total. The quantitative estimate of drug-likeness (QED) is 0.481. The average Bonchev–Trinajstić information content (AvgIpc) is 2.83. The molecule has 0 unspecified atom stereocenters. The molecular formula is C28H31FN2O3. The molecule has 178 valence electrons. The fraction of sp³-hybridized carbons (Fsp3) is 0.286. The summed E-state index contributed by atoms with van der Waals surface area (Å²) in [5.41, 5.74) is 2.49. The zero-order chi connectivity index (χ0) is 24.5. The smallest absolute Gasteiger partial charge is 0.243 e. The molecule has 34 heavy (non-hydrogen) atoms. The van der Waals surface area contributed by atoms with Crippen molar-refractivity contribution >= 4 is 11.8 Å². The van der Waals surface area contributed by atoms with E-state index >= 15 is 0 Å². The lowest BCUT2D eigenvalue weighted by atomic mass is 10.0. The van der Waals surface area contributed by atoms with Gasteiger partial charge < -0.3 is 15.0 Å². The second kappa shape index (κ2) is 12.0. The van der Waals surface area contributed by atoms with Crippen LogP contribution in [0.4, 0.5) is 4.39 Å². The molecule has 0 heterocycles. The summed E-state index contributed by atoms with van der Waals surface area (Å²) >= 11 is 0. The van der Waals surface area contributed by atoms with Crippen LogP contribution in [0.2, 0.25) is 0 Å². The van der Waals surface area contributed by atoms with Crippen molar-refractivity contribution in [2.24, 2.45) is 0 Å². The number of benzene rings is 3. The van der Waals surface area contributed by atoms with E-state index in [1.807, 2.05) is 68.4 Å². The fourth-order valence-electron chi connectivity index (χ4n) is 3.78. The maximum Gasteiger partial charge on any atom is 0.243 e. The van der Waals surface area contributed by atoms with Crippen LogP contribution in [0.15, 0.2) is 78.9 Å². The number of halogens is 1. The van der Waals surface area contributed by atoms with E-state index in [2.05, 4.69) is 5.32 Å². The summed E-state index contributed by atoms with van der Waals surface area (Å²) in [6, 6.07) is 22.2. The third kappa shape index (κ3) is 7.17. The fourth-order valence-corrected chi connectivity index (χ4v) is 3.78.